The minimum Gasteiger partial charge on any atom is -0.489 e. The van der Waals surface area contributed by atoms with E-state index in [1.165, 1.54) is 0 Å². The van der Waals surface area contributed by atoms with E-state index in [1.807, 2.05) is 42.9 Å². The molecule has 5 rings (SSSR count). The predicted octanol–water partition coefficient (Wildman–Crippen LogP) is 4.19. The summed E-state index contributed by atoms with van der Waals surface area (Å²) in [6, 6.07) is 16.6. The number of pyridine rings is 2. The van der Waals surface area contributed by atoms with Crippen LogP contribution in [0.1, 0.15) is 6.42 Å². The van der Waals surface area contributed by atoms with Gasteiger partial charge >= 0.3 is 0 Å². The second kappa shape index (κ2) is 6.39. The Morgan fingerprint density at radius 1 is 0.962 bits per heavy atom. The van der Waals surface area contributed by atoms with Gasteiger partial charge in [-0.05, 0) is 48.7 Å². The molecular formula is C22H19N3O. The van der Waals surface area contributed by atoms with Gasteiger partial charge in [0.1, 0.15) is 11.9 Å². The van der Waals surface area contributed by atoms with Gasteiger partial charge in [0.2, 0.25) is 0 Å². The van der Waals surface area contributed by atoms with E-state index in [1.54, 1.807) is 0 Å². The van der Waals surface area contributed by atoms with Crippen LogP contribution in [0.3, 0.4) is 0 Å². The summed E-state index contributed by atoms with van der Waals surface area (Å²) in [5.41, 5.74) is 3.15. The quantitative estimate of drug-likeness (QED) is 0.607. The second-order valence-corrected chi connectivity index (χ2v) is 6.72. The lowest BCUT2D eigenvalue weighted by atomic mass is 10.0. The number of rotatable bonds is 3. The highest BCUT2D eigenvalue weighted by molar-refractivity contribution is 5.98. The van der Waals surface area contributed by atoms with E-state index in [2.05, 4.69) is 39.6 Å². The maximum absolute atomic E-state index is 6.15. The van der Waals surface area contributed by atoms with E-state index in [-0.39, 0.29) is 6.10 Å². The van der Waals surface area contributed by atoms with Crippen LogP contribution < -0.4 is 10.1 Å². The first kappa shape index (κ1) is 15.3. The largest absolute Gasteiger partial charge is 0.489 e. The third kappa shape index (κ3) is 2.78. The lowest BCUT2D eigenvalue weighted by molar-refractivity contribution is 0.223. The summed E-state index contributed by atoms with van der Waals surface area (Å²) < 4.78 is 6.15. The zero-order valence-corrected chi connectivity index (χ0v) is 14.4. The number of aromatic nitrogens is 2. The molecule has 1 aliphatic heterocycles. The van der Waals surface area contributed by atoms with E-state index in [0.717, 1.165) is 58.1 Å². The number of hydrogen-bond donors (Lipinski definition) is 1. The van der Waals surface area contributed by atoms with Gasteiger partial charge in [-0.2, -0.15) is 0 Å². The van der Waals surface area contributed by atoms with Gasteiger partial charge in [-0.15, -0.1) is 0 Å². The molecule has 4 nitrogen and oxygen atoms in total. The summed E-state index contributed by atoms with van der Waals surface area (Å²) >= 11 is 0. The van der Waals surface area contributed by atoms with Crippen molar-refractivity contribution >= 4 is 21.7 Å². The number of hydrogen-bond acceptors (Lipinski definition) is 4. The van der Waals surface area contributed by atoms with Crippen molar-refractivity contribution in [2.24, 2.45) is 0 Å². The summed E-state index contributed by atoms with van der Waals surface area (Å²) in [6.45, 7) is 1.94. The zero-order valence-electron chi connectivity index (χ0n) is 14.4. The minimum absolute atomic E-state index is 0.250. The molecular weight excluding hydrogens is 322 g/mol. The Morgan fingerprint density at radius 3 is 2.85 bits per heavy atom. The van der Waals surface area contributed by atoms with Crippen LogP contribution in [0.2, 0.25) is 0 Å². The summed E-state index contributed by atoms with van der Waals surface area (Å²) in [6.07, 6.45) is 7.03. The van der Waals surface area contributed by atoms with Gasteiger partial charge in [0.05, 0.1) is 5.52 Å². The average molecular weight is 341 g/mol. The molecule has 4 aromatic rings. The van der Waals surface area contributed by atoms with E-state index >= 15 is 0 Å². The van der Waals surface area contributed by atoms with Crippen molar-refractivity contribution in [3.63, 3.8) is 0 Å². The molecule has 0 aliphatic carbocycles. The zero-order chi connectivity index (χ0) is 17.3. The van der Waals surface area contributed by atoms with Crippen molar-refractivity contribution in [1.29, 1.82) is 0 Å². The van der Waals surface area contributed by atoms with Gasteiger partial charge in [0, 0.05) is 47.0 Å². The monoisotopic (exact) mass is 341 g/mol. The molecule has 4 heteroatoms. The molecule has 1 aliphatic rings. The van der Waals surface area contributed by atoms with Crippen molar-refractivity contribution in [2.45, 2.75) is 12.5 Å². The molecule has 1 atom stereocenters. The normalized spacial score (nSPS) is 17.0. The Kier molecular flexibility index (Phi) is 3.76. The molecule has 0 amide bonds. The van der Waals surface area contributed by atoms with Gasteiger partial charge in [-0.1, -0.05) is 18.2 Å². The minimum atomic E-state index is 0.250. The number of benzene rings is 2. The van der Waals surface area contributed by atoms with Crippen LogP contribution in [0.25, 0.3) is 32.8 Å². The highest BCUT2D eigenvalue weighted by Crippen LogP contribution is 2.32. The van der Waals surface area contributed by atoms with E-state index in [4.69, 9.17) is 4.74 Å². The molecule has 26 heavy (non-hydrogen) atoms. The van der Waals surface area contributed by atoms with Crippen molar-refractivity contribution in [3.8, 4) is 16.9 Å². The van der Waals surface area contributed by atoms with Crippen molar-refractivity contribution in [2.75, 3.05) is 13.1 Å². The topological polar surface area (TPSA) is 47.0 Å². The smallest absolute Gasteiger partial charge is 0.120 e. The molecule has 2 aromatic heterocycles. The summed E-state index contributed by atoms with van der Waals surface area (Å²) in [4.78, 5) is 9.03. The number of nitrogens with one attached hydrogen (secondary N) is 1. The van der Waals surface area contributed by atoms with Crippen LogP contribution in [0.4, 0.5) is 0 Å². The Labute approximate surface area is 151 Å². The molecule has 0 radical (unpaired) electrons. The van der Waals surface area contributed by atoms with Gasteiger partial charge in [0.15, 0.2) is 0 Å². The van der Waals surface area contributed by atoms with Crippen LogP contribution in [0.5, 0.6) is 5.75 Å². The maximum Gasteiger partial charge on any atom is 0.120 e. The first-order chi connectivity index (χ1) is 12.9. The fraction of sp³-hybridized carbons (Fsp3) is 0.182. The Balaban J connectivity index is 1.61. The Hall–Kier alpha value is -2.98. The highest BCUT2D eigenvalue weighted by atomic mass is 16.5. The number of fused-ring (bicyclic) bond motifs is 2. The van der Waals surface area contributed by atoms with Crippen molar-refractivity contribution in [3.05, 3.63) is 67.1 Å². The van der Waals surface area contributed by atoms with Gasteiger partial charge in [0.25, 0.3) is 0 Å². The number of para-hydroxylation sites is 1. The van der Waals surface area contributed by atoms with Crippen LogP contribution in [0.15, 0.2) is 67.1 Å². The first-order valence-corrected chi connectivity index (χ1v) is 8.97. The number of ether oxygens (including phenoxy) is 1. The third-order valence-corrected chi connectivity index (χ3v) is 4.95. The Morgan fingerprint density at radius 2 is 1.92 bits per heavy atom. The maximum atomic E-state index is 6.15. The lowest BCUT2D eigenvalue weighted by Crippen LogP contribution is -2.19. The predicted molar refractivity (Wildman–Crippen MR) is 104 cm³/mol. The van der Waals surface area contributed by atoms with Crippen LogP contribution in [-0.4, -0.2) is 29.2 Å². The Bertz CT molecular complexity index is 1090. The molecule has 0 unspecified atom stereocenters. The molecule has 1 N–H and O–H groups in total. The standard InChI is InChI=1S/C22H19N3O/c1-2-4-22-15(3-1)9-17(12-25-22)21-14-24-11-16-5-6-18(10-20(16)21)26-19-7-8-23-13-19/h1-6,9-12,14,19,23H,7-8,13H2/t19-/m0/s1. The van der Waals surface area contributed by atoms with Crippen LogP contribution >= 0.6 is 0 Å². The van der Waals surface area contributed by atoms with Crippen molar-refractivity contribution < 1.29 is 4.74 Å². The van der Waals surface area contributed by atoms with Crippen LogP contribution in [0, 0.1) is 0 Å². The fourth-order valence-electron chi connectivity index (χ4n) is 3.59. The molecule has 1 fully saturated rings. The highest BCUT2D eigenvalue weighted by Gasteiger charge is 2.16. The van der Waals surface area contributed by atoms with Gasteiger partial charge < -0.3 is 10.1 Å². The molecule has 0 bridgehead atoms. The molecule has 2 aromatic carbocycles. The summed E-state index contributed by atoms with van der Waals surface area (Å²) in [5, 5.41) is 6.72. The lowest BCUT2D eigenvalue weighted by Gasteiger charge is -2.14. The molecule has 0 saturated carbocycles. The summed E-state index contributed by atoms with van der Waals surface area (Å²) in [5.74, 6) is 0.910. The second-order valence-electron chi connectivity index (χ2n) is 6.72. The molecule has 1 saturated heterocycles. The molecule has 128 valence electrons. The molecule has 3 heterocycles. The van der Waals surface area contributed by atoms with E-state index in [9.17, 15) is 0 Å². The summed E-state index contributed by atoms with van der Waals surface area (Å²) in [7, 11) is 0. The first-order valence-electron chi connectivity index (χ1n) is 8.97. The van der Waals surface area contributed by atoms with Crippen LogP contribution in [-0.2, 0) is 0 Å². The third-order valence-electron chi connectivity index (χ3n) is 4.95. The van der Waals surface area contributed by atoms with E-state index < -0.39 is 0 Å². The number of nitrogens with zero attached hydrogens (tertiary/aromatic N) is 2. The average Bonchev–Trinajstić information content (AvgIpc) is 3.20. The van der Waals surface area contributed by atoms with Crippen molar-refractivity contribution in [1.82, 2.24) is 15.3 Å². The SMILES string of the molecule is c1ccc2ncc(-c3cncc4ccc(O[C@H]5CCNC5)cc34)cc2c1. The fourth-order valence-corrected chi connectivity index (χ4v) is 3.59. The molecule has 0 spiro atoms. The van der Waals surface area contributed by atoms with Gasteiger partial charge in [-0.25, -0.2) is 0 Å². The van der Waals surface area contributed by atoms with E-state index in [0.29, 0.717) is 0 Å². The van der Waals surface area contributed by atoms with Gasteiger partial charge in [-0.3, -0.25) is 9.97 Å².